The minimum absolute atomic E-state index is 0.00364. The zero-order valence-corrected chi connectivity index (χ0v) is 16.1. The number of aryl methyl sites for hydroxylation is 1. The molecule has 4 rings (SSSR count). The first-order valence-electron chi connectivity index (χ1n) is 9.54. The summed E-state index contributed by atoms with van der Waals surface area (Å²) in [6, 6.07) is 22.8. The van der Waals surface area contributed by atoms with Crippen molar-refractivity contribution in [3.8, 4) is 11.3 Å². The van der Waals surface area contributed by atoms with Crippen molar-refractivity contribution in [2.45, 2.75) is 19.8 Å². The predicted octanol–water partition coefficient (Wildman–Crippen LogP) is 4.78. The van der Waals surface area contributed by atoms with E-state index in [2.05, 4.69) is 5.32 Å². The Morgan fingerprint density at radius 3 is 2.38 bits per heavy atom. The van der Waals surface area contributed by atoms with Gasteiger partial charge in [0.15, 0.2) is 5.78 Å². The van der Waals surface area contributed by atoms with Gasteiger partial charge in [0, 0.05) is 29.4 Å². The summed E-state index contributed by atoms with van der Waals surface area (Å²) in [6.07, 6.45) is 2.87. The van der Waals surface area contributed by atoms with E-state index in [4.69, 9.17) is 4.98 Å². The average molecular weight is 383 g/mol. The van der Waals surface area contributed by atoms with Crippen LogP contribution >= 0.6 is 0 Å². The lowest BCUT2D eigenvalue weighted by Crippen LogP contribution is -2.13. The number of ketones is 1. The molecule has 0 aliphatic rings. The summed E-state index contributed by atoms with van der Waals surface area (Å²) in [5.74, 6) is -0.0746. The molecule has 4 aromatic rings. The number of carbonyl (C=O) groups is 2. The van der Waals surface area contributed by atoms with Crippen molar-refractivity contribution >= 4 is 23.0 Å². The molecule has 0 spiro atoms. The number of rotatable bonds is 6. The molecule has 0 fully saturated rings. The predicted molar refractivity (Wildman–Crippen MR) is 114 cm³/mol. The lowest BCUT2D eigenvalue weighted by molar-refractivity contribution is -0.116. The van der Waals surface area contributed by atoms with Crippen molar-refractivity contribution < 1.29 is 9.59 Å². The van der Waals surface area contributed by atoms with Crippen LogP contribution in [0.3, 0.4) is 0 Å². The molecule has 1 amide bonds. The summed E-state index contributed by atoms with van der Waals surface area (Å²) < 4.78 is 2.04. The van der Waals surface area contributed by atoms with Crippen molar-refractivity contribution in [1.29, 1.82) is 0 Å². The number of nitrogens with one attached hydrogen (secondary N) is 1. The number of Topliss-reactive ketones (excluding diaryl/α,β-unsaturated/α-hetero) is 1. The molecule has 144 valence electrons. The largest absolute Gasteiger partial charge is 0.326 e. The first-order chi connectivity index (χ1) is 14.1. The maximum atomic E-state index is 12.5. The van der Waals surface area contributed by atoms with Crippen molar-refractivity contribution in [2.75, 3.05) is 5.32 Å². The summed E-state index contributed by atoms with van der Waals surface area (Å²) in [4.78, 5) is 28.6. The highest BCUT2D eigenvalue weighted by Gasteiger charge is 2.15. The number of aromatic nitrogens is 2. The van der Waals surface area contributed by atoms with E-state index in [1.165, 1.54) is 6.92 Å². The number of carbonyl (C=O) groups excluding carboxylic acids is 2. The Kier molecular flexibility index (Phi) is 5.20. The number of fused-ring (bicyclic) bond motifs is 1. The third-order valence-electron chi connectivity index (χ3n) is 4.84. The van der Waals surface area contributed by atoms with E-state index >= 15 is 0 Å². The molecule has 2 heterocycles. The third kappa shape index (κ3) is 4.09. The van der Waals surface area contributed by atoms with Crippen molar-refractivity contribution in [2.24, 2.45) is 0 Å². The van der Waals surface area contributed by atoms with Crippen LogP contribution in [0.4, 0.5) is 5.69 Å². The van der Waals surface area contributed by atoms with E-state index in [0.29, 0.717) is 24.1 Å². The number of hydrogen-bond acceptors (Lipinski definition) is 3. The van der Waals surface area contributed by atoms with Crippen LogP contribution in [0.25, 0.3) is 16.9 Å². The molecular weight excluding hydrogens is 362 g/mol. The Hall–Kier alpha value is -3.73. The van der Waals surface area contributed by atoms with Gasteiger partial charge in [0.1, 0.15) is 5.65 Å². The molecule has 0 aliphatic heterocycles. The topological polar surface area (TPSA) is 63.5 Å². The molecule has 1 N–H and O–H groups in total. The van der Waals surface area contributed by atoms with Crippen LogP contribution in [0.1, 0.15) is 29.4 Å². The molecule has 0 aliphatic carbocycles. The zero-order valence-electron chi connectivity index (χ0n) is 16.1. The fourth-order valence-corrected chi connectivity index (χ4v) is 3.36. The molecular formula is C24H21N3O2. The van der Waals surface area contributed by atoms with Crippen LogP contribution in [0.2, 0.25) is 0 Å². The maximum Gasteiger partial charge on any atom is 0.224 e. The van der Waals surface area contributed by atoms with E-state index in [9.17, 15) is 9.59 Å². The van der Waals surface area contributed by atoms with Gasteiger partial charge in [-0.15, -0.1) is 0 Å². The number of pyridine rings is 1. The van der Waals surface area contributed by atoms with E-state index in [1.54, 1.807) is 24.3 Å². The fourth-order valence-electron chi connectivity index (χ4n) is 3.36. The first kappa shape index (κ1) is 18.6. The van der Waals surface area contributed by atoms with Gasteiger partial charge in [-0.1, -0.05) is 36.4 Å². The quantitative estimate of drug-likeness (QED) is 0.488. The number of benzene rings is 2. The van der Waals surface area contributed by atoms with Crippen molar-refractivity contribution in [3.63, 3.8) is 0 Å². The molecule has 0 radical (unpaired) electrons. The molecule has 0 bridgehead atoms. The highest BCUT2D eigenvalue weighted by atomic mass is 16.1. The zero-order chi connectivity index (χ0) is 20.2. The van der Waals surface area contributed by atoms with E-state index in [1.807, 2.05) is 59.1 Å². The van der Waals surface area contributed by atoms with Gasteiger partial charge < -0.3 is 9.72 Å². The summed E-state index contributed by atoms with van der Waals surface area (Å²) in [6.45, 7) is 1.52. The second kappa shape index (κ2) is 8.10. The minimum atomic E-state index is -0.0783. The Morgan fingerprint density at radius 2 is 1.66 bits per heavy atom. The van der Waals surface area contributed by atoms with E-state index < -0.39 is 0 Å². The van der Waals surface area contributed by atoms with Crippen molar-refractivity contribution in [3.05, 3.63) is 90.3 Å². The van der Waals surface area contributed by atoms with Gasteiger partial charge in [-0.2, -0.15) is 0 Å². The van der Waals surface area contributed by atoms with Crippen molar-refractivity contribution in [1.82, 2.24) is 9.38 Å². The maximum absolute atomic E-state index is 12.5. The van der Waals surface area contributed by atoms with Crippen LogP contribution in [-0.2, 0) is 11.2 Å². The van der Waals surface area contributed by atoms with E-state index in [0.717, 1.165) is 22.6 Å². The monoisotopic (exact) mass is 383 g/mol. The summed E-state index contributed by atoms with van der Waals surface area (Å²) in [5.41, 5.74) is 5.11. The van der Waals surface area contributed by atoms with Gasteiger partial charge in [-0.05, 0) is 49.7 Å². The van der Waals surface area contributed by atoms with Gasteiger partial charge in [-0.25, -0.2) is 4.98 Å². The standard InChI is InChI=1S/C24H21N3O2/c1-17(28)18-10-12-20(13-11-18)25-23(29)15-14-21-24(19-7-3-2-4-8-19)26-22-9-5-6-16-27(21)22/h2-13,16H,14-15H2,1H3,(H,25,29). The van der Waals surface area contributed by atoms with Gasteiger partial charge in [0.2, 0.25) is 5.91 Å². The van der Waals surface area contributed by atoms with E-state index in [-0.39, 0.29) is 11.7 Å². The Morgan fingerprint density at radius 1 is 0.931 bits per heavy atom. The summed E-state index contributed by atoms with van der Waals surface area (Å²) >= 11 is 0. The molecule has 0 atom stereocenters. The molecule has 0 saturated carbocycles. The highest BCUT2D eigenvalue weighted by Crippen LogP contribution is 2.25. The van der Waals surface area contributed by atoms with Crippen LogP contribution < -0.4 is 5.32 Å². The smallest absolute Gasteiger partial charge is 0.224 e. The lowest BCUT2D eigenvalue weighted by atomic mass is 10.1. The number of imidazole rings is 1. The second-order valence-corrected chi connectivity index (χ2v) is 6.88. The molecule has 5 nitrogen and oxygen atoms in total. The molecule has 5 heteroatoms. The van der Waals surface area contributed by atoms with Gasteiger partial charge >= 0.3 is 0 Å². The second-order valence-electron chi connectivity index (χ2n) is 6.88. The van der Waals surface area contributed by atoms with Gasteiger partial charge in [-0.3, -0.25) is 9.59 Å². The van der Waals surface area contributed by atoms with Crippen LogP contribution in [-0.4, -0.2) is 21.1 Å². The average Bonchev–Trinajstić information content (AvgIpc) is 3.12. The molecule has 29 heavy (non-hydrogen) atoms. The SMILES string of the molecule is CC(=O)c1ccc(NC(=O)CCc2c(-c3ccccc3)nc3ccccn23)cc1. The normalized spacial score (nSPS) is 10.8. The summed E-state index contributed by atoms with van der Waals surface area (Å²) in [7, 11) is 0. The number of nitrogens with zero attached hydrogens (tertiary/aromatic N) is 2. The van der Waals surface area contributed by atoms with Crippen LogP contribution in [0.5, 0.6) is 0 Å². The van der Waals surface area contributed by atoms with Crippen LogP contribution in [0.15, 0.2) is 79.0 Å². The highest BCUT2D eigenvalue weighted by molar-refractivity contribution is 5.95. The minimum Gasteiger partial charge on any atom is -0.326 e. The number of hydrogen-bond donors (Lipinski definition) is 1. The lowest BCUT2D eigenvalue weighted by Gasteiger charge is -2.08. The number of anilines is 1. The summed E-state index contributed by atoms with van der Waals surface area (Å²) in [5, 5.41) is 2.90. The Balaban J connectivity index is 1.53. The Bertz CT molecular complexity index is 1160. The van der Waals surface area contributed by atoms with Gasteiger partial charge in [0.05, 0.1) is 11.4 Å². The first-order valence-corrected chi connectivity index (χ1v) is 9.54. The van der Waals surface area contributed by atoms with Crippen LogP contribution in [0, 0.1) is 0 Å². The molecule has 2 aromatic carbocycles. The molecule has 2 aromatic heterocycles. The Labute approximate surface area is 169 Å². The third-order valence-corrected chi connectivity index (χ3v) is 4.84. The molecule has 0 unspecified atom stereocenters. The number of amides is 1. The molecule has 0 saturated heterocycles. The van der Waals surface area contributed by atoms with Gasteiger partial charge in [0.25, 0.3) is 0 Å². The fraction of sp³-hybridized carbons (Fsp3) is 0.125.